The fraction of sp³-hybridized carbons (Fsp3) is 0.0526. The van der Waals surface area contributed by atoms with Crippen LogP contribution in [-0.4, -0.2) is 18.4 Å². The molecule has 2 amide bonds. The average molecular weight is 322 g/mol. The maximum absolute atomic E-state index is 13.5. The SMILES string of the molecule is O=C(CNC(=O)c1cccc2ccccc12)Nc1ccccc1F. The molecular formula is C19H15FN2O2. The summed E-state index contributed by atoms with van der Waals surface area (Å²) in [6.45, 7) is -0.240. The highest BCUT2D eigenvalue weighted by atomic mass is 19.1. The Morgan fingerprint density at radius 3 is 2.42 bits per heavy atom. The van der Waals surface area contributed by atoms with E-state index in [1.807, 2.05) is 30.3 Å². The minimum absolute atomic E-state index is 0.0851. The van der Waals surface area contributed by atoms with Crippen LogP contribution in [0.4, 0.5) is 10.1 Å². The van der Waals surface area contributed by atoms with E-state index in [-0.39, 0.29) is 18.1 Å². The molecule has 0 unspecified atom stereocenters. The van der Waals surface area contributed by atoms with Crippen molar-refractivity contribution in [3.8, 4) is 0 Å². The molecule has 0 saturated heterocycles. The Bertz CT molecular complexity index is 903. The quantitative estimate of drug-likeness (QED) is 0.774. The van der Waals surface area contributed by atoms with Crippen LogP contribution in [0.2, 0.25) is 0 Å². The second kappa shape index (κ2) is 6.91. The third-order valence-electron chi connectivity index (χ3n) is 3.59. The van der Waals surface area contributed by atoms with Crippen LogP contribution in [0, 0.1) is 5.82 Å². The Labute approximate surface area is 138 Å². The molecule has 4 nitrogen and oxygen atoms in total. The van der Waals surface area contributed by atoms with Gasteiger partial charge in [0, 0.05) is 5.56 Å². The van der Waals surface area contributed by atoms with Gasteiger partial charge in [-0.15, -0.1) is 0 Å². The number of hydrogen-bond acceptors (Lipinski definition) is 2. The van der Waals surface area contributed by atoms with E-state index in [9.17, 15) is 14.0 Å². The molecule has 3 aromatic rings. The number of carbonyl (C=O) groups excluding carboxylic acids is 2. The number of amides is 2. The van der Waals surface area contributed by atoms with Gasteiger partial charge in [-0.25, -0.2) is 4.39 Å². The van der Waals surface area contributed by atoms with Crippen LogP contribution in [0.1, 0.15) is 10.4 Å². The van der Waals surface area contributed by atoms with E-state index >= 15 is 0 Å². The van der Waals surface area contributed by atoms with Crippen molar-refractivity contribution in [2.24, 2.45) is 0 Å². The Kier molecular flexibility index (Phi) is 4.52. The van der Waals surface area contributed by atoms with Gasteiger partial charge in [0.05, 0.1) is 12.2 Å². The van der Waals surface area contributed by atoms with Gasteiger partial charge >= 0.3 is 0 Å². The van der Waals surface area contributed by atoms with Gasteiger partial charge in [-0.05, 0) is 29.0 Å². The monoisotopic (exact) mass is 322 g/mol. The van der Waals surface area contributed by atoms with Crippen LogP contribution < -0.4 is 10.6 Å². The summed E-state index contributed by atoms with van der Waals surface area (Å²) in [5.41, 5.74) is 0.578. The predicted octanol–water partition coefficient (Wildman–Crippen LogP) is 3.35. The maximum Gasteiger partial charge on any atom is 0.252 e. The Morgan fingerprint density at radius 2 is 1.58 bits per heavy atom. The molecule has 2 N–H and O–H groups in total. The molecule has 0 aliphatic heterocycles. The molecule has 0 spiro atoms. The minimum Gasteiger partial charge on any atom is -0.343 e. The second-order valence-electron chi connectivity index (χ2n) is 5.24. The lowest BCUT2D eigenvalue weighted by Gasteiger charge is -2.09. The highest BCUT2D eigenvalue weighted by Crippen LogP contribution is 2.18. The van der Waals surface area contributed by atoms with Gasteiger partial charge in [-0.2, -0.15) is 0 Å². The second-order valence-corrected chi connectivity index (χ2v) is 5.24. The molecule has 0 radical (unpaired) electrons. The zero-order valence-electron chi connectivity index (χ0n) is 12.8. The van der Waals surface area contributed by atoms with Gasteiger partial charge in [0.25, 0.3) is 5.91 Å². The van der Waals surface area contributed by atoms with Crippen molar-refractivity contribution in [1.29, 1.82) is 0 Å². The topological polar surface area (TPSA) is 58.2 Å². The first-order valence-corrected chi connectivity index (χ1v) is 7.45. The molecule has 0 heterocycles. The Balaban J connectivity index is 1.67. The number of halogens is 1. The largest absolute Gasteiger partial charge is 0.343 e. The standard InChI is InChI=1S/C19H15FN2O2/c20-16-10-3-4-11-17(16)22-18(23)12-21-19(24)15-9-5-7-13-6-1-2-8-14(13)15/h1-11H,12H2,(H,21,24)(H,22,23). The molecule has 0 bridgehead atoms. The zero-order chi connectivity index (χ0) is 16.9. The molecule has 0 fully saturated rings. The van der Waals surface area contributed by atoms with E-state index < -0.39 is 11.7 Å². The van der Waals surface area contributed by atoms with Gasteiger partial charge in [-0.1, -0.05) is 48.5 Å². The third kappa shape index (κ3) is 3.41. The third-order valence-corrected chi connectivity index (χ3v) is 3.59. The number of carbonyl (C=O) groups is 2. The molecule has 120 valence electrons. The summed E-state index contributed by atoms with van der Waals surface area (Å²) in [6, 6.07) is 18.8. The fourth-order valence-corrected chi connectivity index (χ4v) is 2.44. The van der Waals surface area contributed by atoms with E-state index in [4.69, 9.17) is 0 Å². The van der Waals surface area contributed by atoms with Crippen LogP contribution >= 0.6 is 0 Å². The zero-order valence-corrected chi connectivity index (χ0v) is 12.8. The lowest BCUT2D eigenvalue weighted by Crippen LogP contribution is -2.33. The normalized spacial score (nSPS) is 10.4. The highest BCUT2D eigenvalue weighted by Gasteiger charge is 2.12. The van der Waals surface area contributed by atoms with Gasteiger partial charge < -0.3 is 10.6 Å². The van der Waals surface area contributed by atoms with Crippen molar-refractivity contribution in [2.75, 3.05) is 11.9 Å². The predicted molar refractivity (Wildman–Crippen MR) is 91.3 cm³/mol. The summed E-state index contributed by atoms with van der Waals surface area (Å²) in [5.74, 6) is -1.37. The van der Waals surface area contributed by atoms with Gasteiger partial charge in [-0.3, -0.25) is 9.59 Å². The smallest absolute Gasteiger partial charge is 0.252 e. The van der Waals surface area contributed by atoms with E-state index in [1.54, 1.807) is 18.2 Å². The van der Waals surface area contributed by atoms with E-state index in [2.05, 4.69) is 10.6 Å². The number of hydrogen-bond donors (Lipinski definition) is 2. The van der Waals surface area contributed by atoms with Crippen LogP contribution in [0.25, 0.3) is 10.8 Å². The lowest BCUT2D eigenvalue weighted by molar-refractivity contribution is -0.115. The number of rotatable bonds is 4. The molecule has 0 aliphatic rings. The molecule has 3 aromatic carbocycles. The minimum atomic E-state index is -0.522. The summed E-state index contributed by atoms with van der Waals surface area (Å²) < 4.78 is 13.5. The first-order chi connectivity index (χ1) is 11.6. The van der Waals surface area contributed by atoms with Crippen molar-refractivity contribution in [1.82, 2.24) is 5.32 Å². The van der Waals surface area contributed by atoms with Crippen LogP contribution in [0.5, 0.6) is 0 Å². The van der Waals surface area contributed by atoms with E-state index in [0.29, 0.717) is 5.56 Å². The highest BCUT2D eigenvalue weighted by molar-refractivity contribution is 6.08. The van der Waals surface area contributed by atoms with Gasteiger partial charge in [0.2, 0.25) is 5.91 Å². The molecule has 0 aliphatic carbocycles. The fourth-order valence-electron chi connectivity index (χ4n) is 2.44. The molecule has 3 rings (SSSR count). The lowest BCUT2D eigenvalue weighted by atomic mass is 10.0. The summed E-state index contributed by atoms with van der Waals surface area (Å²) >= 11 is 0. The van der Waals surface area contributed by atoms with Crippen LogP contribution in [0.15, 0.2) is 66.7 Å². The number of benzene rings is 3. The van der Waals surface area contributed by atoms with E-state index in [0.717, 1.165) is 10.8 Å². The Morgan fingerprint density at radius 1 is 0.875 bits per heavy atom. The first kappa shape index (κ1) is 15.7. The van der Waals surface area contributed by atoms with Crippen molar-refractivity contribution in [3.05, 3.63) is 78.1 Å². The number of anilines is 1. The molecule has 0 atom stereocenters. The van der Waals surface area contributed by atoms with Gasteiger partial charge in [0.15, 0.2) is 0 Å². The van der Waals surface area contributed by atoms with Crippen molar-refractivity contribution < 1.29 is 14.0 Å². The summed E-state index contributed by atoms with van der Waals surface area (Å²) in [7, 11) is 0. The van der Waals surface area contributed by atoms with Crippen LogP contribution in [-0.2, 0) is 4.79 Å². The van der Waals surface area contributed by atoms with Crippen LogP contribution in [0.3, 0.4) is 0 Å². The first-order valence-electron chi connectivity index (χ1n) is 7.45. The summed E-state index contributed by atoms with van der Waals surface area (Å²) in [6.07, 6.45) is 0. The number of fused-ring (bicyclic) bond motifs is 1. The summed E-state index contributed by atoms with van der Waals surface area (Å²) in [5, 5.41) is 6.74. The number of nitrogens with one attached hydrogen (secondary N) is 2. The van der Waals surface area contributed by atoms with Crippen molar-refractivity contribution in [3.63, 3.8) is 0 Å². The molecule has 0 aromatic heterocycles. The van der Waals surface area contributed by atoms with Crippen molar-refractivity contribution in [2.45, 2.75) is 0 Å². The molecule has 24 heavy (non-hydrogen) atoms. The van der Waals surface area contributed by atoms with E-state index in [1.165, 1.54) is 18.2 Å². The molecule has 0 saturated carbocycles. The van der Waals surface area contributed by atoms with Crippen molar-refractivity contribution >= 4 is 28.3 Å². The molecular weight excluding hydrogens is 307 g/mol. The molecule has 5 heteroatoms. The Hall–Kier alpha value is -3.21. The number of para-hydroxylation sites is 1. The average Bonchev–Trinajstić information content (AvgIpc) is 2.61. The van der Waals surface area contributed by atoms with Gasteiger partial charge in [0.1, 0.15) is 5.82 Å². The summed E-state index contributed by atoms with van der Waals surface area (Å²) in [4.78, 5) is 24.2. The maximum atomic E-state index is 13.5.